The molecule has 0 rings (SSSR count). The lowest BCUT2D eigenvalue weighted by atomic mass is 10.6. The molecular formula is C4H4Br2O. The van der Waals surface area contributed by atoms with Gasteiger partial charge in [-0.3, -0.25) is 4.79 Å². The molecule has 0 heterocycles. The van der Waals surface area contributed by atoms with E-state index in [-0.39, 0.29) is 0 Å². The predicted octanol–water partition coefficient (Wildman–Crippen LogP) is 1.86. The lowest BCUT2D eigenvalue weighted by molar-refractivity contribution is -0.104. The molecule has 0 saturated carbocycles. The van der Waals surface area contributed by atoms with Crippen molar-refractivity contribution in [3.63, 3.8) is 0 Å². The second kappa shape index (κ2) is 4.53. The van der Waals surface area contributed by atoms with Gasteiger partial charge in [-0.25, -0.2) is 0 Å². The van der Waals surface area contributed by atoms with Crippen molar-refractivity contribution in [2.24, 2.45) is 0 Å². The molecule has 0 N–H and O–H groups in total. The van der Waals surface area contributed by atoms with E-state index in [4.69, 9.17) is 0 Å². The van der Waals surface area contributed by atoms with Gasteiger partial charge in [0.2, 0.25) is 0 Å². The molecule has 0 aliphatic rings. The lowest BCUT2D eigenvalue weighted by Gasteiger charge is -1.80. The third-order valence-electron chi connectivity index (χ3n) is 0.377. The summed E-state index contributed by atoms with van der Waals surface area (Å²) in [5, 5.41) is 0.700. The number of alkyl halides is 1. The molecule has 0 radical (unpaired) electrons. The first-order valence-electron chi connectivity index (χ1n) is 1.67. The molecule has 0 aromatic carbocycles. The molecule has 0 aliphatic heterocycles. The Bertz CT molecular complexity index is 87.7. The first-order valence-corrected chi connectivity index (χ1v) is 3.58. The maximum absolute atomic E-state index is 9.65. The van der Waals surface area contributed by atoms with Gasteiger partial charge in [-0.15, -0.1) is 0 Å². The molecule has 40 valence electrons. The highest BCUT2D eigenvalue weighted by Crippen LogP contribution is 2.05. The van der Waals surface area contributed by atoms with E-state index in [0.717, 1.165) is 10.8 Å². The van der Waals surface area contributed by atoms with Crippen LogP contribution in [-0.2, 0) is 4.79 Å². The van der Waals surface area contributed by atoms with Crippen LogP contribution in [0.5, 0.6) is 0 Å². The van der Waals surface area contributed by atoms with Gasteiger partial charge < -0.3 is 0 Å². The maximum Gasteiger partial charge on any atom is 0.143 e. The summed E-state index contributed by atoms with van der Waals surface area (Å²) in [6, 6.07) is 0. The summed E-state index contributed by atoms with van der Waals surface area (Å²) in [5.74, 6) is 0. The average molecular weight is 228 g/mol. The molecule has 0 aromatic heterocycles. The molecule has 0 atom stereocenters. The number of carbonyl (C=O) groups excluding carboxylic acids is 1. The Morgan fingerprint density at radius 1 is 1.71 bits per heavy atom. The highest BCUT2D eigenvalue weighted by molar-refractivity contribution is 9.13. The van der Waals surface area contributed by atoms with Gasteiger partial charge in [-0.2, -0.15) is 0 Å². The Balaban J connectivity index is 3.49. The summed E-state index contributed by atoms with van der Waals surface area (Å²) < 4.78 is 0.863. The summed E-state index contributed by atoms with van der Waals surface area (Å²) >= 11 is 6.26. The number of aldehydes is 1. The molecule has 1 nitrogen and oxygen atoms in total. The number of halogens is 2. The SMILES string of the molecule is O=CC=C(Br)CBr. The minimum atomic E-state index is 0.700. The molecule has 0 spiro atoms. The summed E-state index contributed by atoms with van der Waals surface area (Å²) in [4.78, 5) is 9.65. The monoisotopic (exact) mass is 226 g/mol. The highest BCUT2D eigenvalue weighted by Gasteiger charge is 1.81. The first kappa shape index (κ1) is 7.37. The minimum absolute atomic E-state index is 0.700. The van der Waals surface area contributed by atoms with Crippen LogP contribution in [0.2, 0.25) is 0 Å². The van der Waals surface area contributed by atoms with Crippen LogP contribution >= 0.6 is 31.9 Å². The van der Waals surface area contributed by atoms with Crippen LogP contribution in [0.15, 0.2) is 10.6 Å². The standard InChI is InChI=1S/C4H4Br2O/c5-3-4(6)1-2-7/h1-2H,3H2. The molecule has 0 amide bonds. The minimum Gasteiger partial charge on any atom is -0.299 e. The Morgan fingerprint density at radius 3 is 2.43 bits per heavy atom. The normalized spacial score (nSPS) is 11.4. The lowest BCUT2D eigenvalue weighted by Crippen LogP contribution is -1.69. The molecule has 0 unspecified atom stereocenters. The third-order valence-corrected chi connectivity index (χ3v) is 2.28. The maximum atomic E-state index is 9.65. The number of rotatable bonds is 2. The van der Waals surface area contributed by atoms with Crippen molar-refractivity contribution >= 4 is 38.1 Å². The molecule has 0 aromatic rings. The first-order chi connectivity index (χ1) is 3.31. The van der Waals surface area contributed by atoms with Crippen molar-refractivity contribution in [1.29, 1.82) is 0 Å². The van der Waals surface area contributed by atoms with Crippen molar-refractivity contribution in [2.75, 3.05) is 5.33 Å². The van der Waals surface area contributed by atoms with E-state index in [1.807, 2.05) is 0 Å². The van der Waals surface area contributed by atoms with Gasteiger partial charge in [0.1, 0.15) is 6.29 Å². The van der Waals surface area contributed by atoms with Gasteiger partial charge in [-0.1, -0.05) is 31.9 Å². The fraction of sp³-hybridized carbons (Fsp3) is 0.250. The van der Waals surface area contributed by atoms with Gasteiger partial charge in [0.05, 0.1) is 0 Å². The van der Waals surface area contributed by atoms with Gasteiger partial charge in [-0.05, 0) is 6.08 Å². The topological polar surface area (TPSA) is 17.1 Å². The summed E-state index contributed by atoms with van der Waals surface area (Å²) in [6.45, 7) is 0. The van der Waals surface area contributed by atoms with Gasteiger partial charge in [0.15, 0.2) is 0 Å². The van der Waals surface area contributed by atoms with Crippen molar-refractivity contribution in [3.05, 3.63) is 10.6 Å². The quantitative estimate of drug-likeness (QED) is 0.400. The van der Waals surface area contributed by atoms with Gasteiger partial charge in [0, 0.05) is 9.81 Å². The van der Waals surface area contributed by atoms with Crippen molar-refractivity contribution < 1.29 is 4.79 Å². The van der Waals surface area contributed by atoms with Crippen LogP contribution in [0.25, 0.3) is 0 Å². The molecule has 7 heavy (non-hydrogen) atoms. The van der Waals surface area contributed by atoms with Crippen molar-refractivity contribution in [2.45, 2.75) is 0 Å². The zero-order chi connectivity index (χ0) is 5.70. The van der Waals surface area contributed by atoms with Crippen LogP contribution in [-0.4, -0.2) is 11.6 Å². The third kappa shape index (κ3) is 4.22. The van der Waals surface area contributed by atoms with Crippen LogP contribution in [0, 0.1) is 0 Å². The number of hydrogen-bond acceptors (Lipinski definition) is 1. The summed E-state index contributed by atoms with van der Waals surface area (Å²) in [7, 11) is 0. The number of carbonyl (C=O) groups is 1. The van der Waals surface area contributed by atoms with E-state index in [1.165, 1.54) is 6.08 Å². The zero-order valence-corrected chi connectivity index (χ0v) is 6.70. The van der Waals surface area contributed by atoms with Crippen LogP contribution in [0.4, 0.5) is 0 Å². The van der Waals surface area contributed by atoms with Crippen LogP contribution in [0.1, 0.15) is 0 Å². The second-order valence-corrected chi connectivity index (χ2v) is 2.46. The molecule has 0 bridgehead atoms. The highest BCUT2D eigenvalue weighted by atomic mass is 79.9. The number of hydrogen-bond donors (Lipinski definition) is 0. The van der Waals surface area contributed by atoms with E-state index in [2.05, 4.69) is 31.9 Å². The van der Waals surface area contributed by atoms with Gasteiger partial charge in [0.25, 0.3) is 0 Å². The Morgan fingerprint density at radius 2 is 2.29 bits per heavy atom. The van der Waals surface area contributed by atoms with E-state index in [9.17, 15) is 4.79 Å². The predicted molar refractivity (Wildman–Crippen MR) is 36.9 cm³/mol. The number of allylic oxidation sites excluding steroid dienone is 2. The van der Waals surface area contributed by atoms with Crippen LogP contribution in [0.3, 0.4) is 0 Å². The van der Waals surface area contributed by atoms with Crippen LogP contribution < -0.4 is 0 Å². The average Bonchev–Trinajstić information content (AvgIpc) is 1.68. The molecule has 0 aliphatic carbocycles. The van der Waals surface area contributed by atoms with E-state index in [1.54, 1.807) is 0 Å². The van der Waals surface area contributed by atoms with E-state index in [0.29, 0.717) is 5.33 Å². The smallest absolute Gasteiger partial charge is 0.143 e. The summed E-state index contributed by atoms with van der Waals surface area (Å²) in [6.07, 6.45) is 2.19. The van der Waals surface area contributed by atoms with E-state index < -0.39 is 0 Å². The molecule has 3 heteroatoms. The van der Waals surface area contributed by atoms with E-state index >= 15 is 0 Å². The molecule has 0 saturated heterocycles. The van der Waals surface area contributed by atoms with Crippen molar-refractivity contribution in [1.82, 2.24) is 0 Å². The van der Waals surface area contributed by atoms with Gasteiger partial charge >= 0.3 is 0 Å². The Kier molecular flexibility index (Phi) is 4.77. The Labute approximate surface area is 59.0 Å². The fourth-order valence-electron chi connectivity index (χ4n) is 0.118. The molecule has 0 fully saturated rings. The molecular weight excluding hydrogens is 224 g/mol. The summed E-state index contributed by atoms with van der Waals surface area (Å²) in [5.41, 5.74) is 0. The largest absolute Gasteiger partial charge is 0.299 e. The fourth-order valence-corrected chi connectivity index (χ4v) is 0.413. The Hall–Kier alpha value is 0.370. The zero-order valence-electron chi connectivity index (χ0n) is 3.53. The van der Waals surface area contributed by atoms with Crippen molar-refractivity contribution in [3.8, 4) is 0 Å². The second-order valence-electron chi connectivity index (χ2n) is 0.883.